The van der Waals surface area contributed by atoms with E-state index in [-0.39, 0.29) is 23.3 Å². The maximum Gasteiger partial charge on any atom is 0.266 e. The highest BCUT2D eigenvalue weighted by atomic mass is 19.1. The number of benzene rings is 2. The predicted molar refractivity (Wildman–Crippen MR) is 106 cm³/mol. The van der Waals surface area contributed by atoms with E-state index in [1.807, 2.05) is 37.3 Å². The van der Waals surface area contributed by atoms with Crippen LogP contribution in [0, 0.1) is 5.82 Å². The topological polar surface area (TPSA) is 64.0 Å². The molecular formula is C22H22FN3O2. The number of nitrogens with zero attached hydrogens (tertiary/aromatic N) is 2. The molecule has 1 unspecified atom stereocenters. The Hall–Kier alpha value is -3.28. The summed E-state index contributed by atoms with van der Waals surface area (Å²) in [5.41, 5.74) is 2.12. The molecule has 0 saturated heterocycles. The van der Waals surface area contributed by atoms with Crippen molar-refractivity contribution in [3.05, 3.63) is 88.5 Å². The van der Waals surface area contributed by atoms with Crippen LogP contribution in [0.5, 0.6) is 0 Å². The van der Waals surface area contributed by atoms with Gasteiger partial charge in [-0.05, 0) is 49.2 Å². The lowest BCUT2D eigenvalue weighted by Crippen LogP contribution is -2.27. The molecule has 3 aromatic rings. The zero-order valence-electron chi connectivity index (χ0n) is 15.6. The maximum absolute atomic E-state index is 13.1. The van der Waals surface area contributed by atoms with Crippen LogP contribution >= 0.6 is 0 Å². The lowest BCUT2D eigenvalue weighted by atomic mass is 10.1. The van der Waals surface area contributed by atoms with Gasteiger partial charge in [-0.15, -0.1) is 0 Å². The van der Waals surface area contributed by atoms with E-state index in [4.69, 9.17) is 0 Å². The minimum atomic E-state index is -0.326. The Bertz CT molecular complexity index is 985. The summed E-state index contributed by atoms with van der Waals surface area (Å²) in [6.45, 7) is 2.27. The van der Waals surface area contributed by atoms with Crippen molar-refractivity contribution in [2.24, 2.45) is 0 Å². The predicted octanol–water partition coefficient (Wildman–Crippen LogP) is 3.71. The first-order valence-corrected chi connectivity index (χ1v) is 9.21. The monoisotopic (exact) mass is 379 g/mol. The van der Waals surface area contributed by atoms with E-state index in [2.05, 4.69) is 10.4 Å². The van der Waals surface area contributed by atoms with E-state index in [0.717, 1.165) is 11.1 Å². The molecule has 1 atom stereocenters. The van der Waals surface area contributed by atoms with E-state index < -0.39 is 0 Å². The molecular weight excluding hydrogens is 357 g/mol. The highest BCUT2D eigenvalue weighted by Crippen LogP contribution is 2.16. The van der Waals surface area contributed by atoms with Crippen LogP contribution in [-0.4, -0.2) is 15.7 Å². The Balaban J connectivity index is 1.57. The number of carbonyl (C=O) groups is 1. The van der Waals surface area contributed by atoms with Crippen LogP contribution in [0.15, 0.2) is 71.5 Å². The number of halogens is 1. The molecule has 1 N–H and O–H groups in total. The van der Waals surface area contributed by atoms with E-state index in [1.165, 1.54) is 22.9 Å². The number of aromatic nitrogens is 2. The minimum absolute atomic E-state index is 0.0703. The summed E-state index contributed by atoms with van der Waals surface area (Å²) >= 11 is 0. The first kappa shape index (κ1) is 19.5. The van der Waals surface area contributed by atoms with Gasteiger partial charge < -0.3 is 5.32 Å². The highest BCUT2D eigenvalue weighted by Gasteiger charge is 2.10. The van der Waals surface area contributed by atoms with Crippen molar-refractivity contribution in [2.75, 3.05) is 0 Å². The Morgan fingerprint density at radius 1 is 1.07 bits per heavy atom. The van der Waals surface area contributed by atoms with Crippen molar-refractivity contribution in [3.8, 4) is 11.3 Å². The van der Waals surface area contributed by atoms with Gasteiger partial charge in [0.15, 0.2) is 0 Å². The molecule has 0 spiro atoms. The molecule has 3 rings (SSSR count). The molecule has 0 aliphatic rings. The first-order valence-electron chi connectivity index (χ1n) is 9.21. The van der Waals surface area contributed by atoms with Crippen LogP contribution in [-0.2, 0) is 11.3 Å². The molecule has 1 amide bonds. The third-order valence-electron chi connectivity index (χ3n) is 4.46. The maximum atomic E-state index is 13.1. The smallest absolute Gasteiger partial charge is 0.266 e. The van der Waals surface area contributed by atoms with Gasteiger partial charge in [0.05, 0.1) is 11.7 Å². The zero-order chi connectivity index (χ0) is 19.9. The Labute approximate surface area is 162 Å². The molecule has 0 fully saturated rings. The first-order chi connectivity index (χ1) is 13.5. The Morgan fingerprint density at radius 2 is 1.79 bits per heavy atom. The van der Waals surface area contributed by atoms with Crippen LogP contribution in [0.25, 0.3) is 11.3 Å². The Morgan fingerprint density at radius 3 is 2.50 bits per heavy atom. The summed E-state index contributed by atoms with van der Waals surface area (Å²) in [5, 5.41) is 7.28. The number of aryl methyl sites for hydroxylation is 1. The molecule has 0 aliphatic heterocycles. The fraction of sp³-hybridized carbons (Fsp3) is 0.227. The lowest BCUT2D eigenvalue weighted by molar-refractivity contribution is -0.121. The molecule has 1 aromatic heterocycles. The second-order valence-corrected chi connectivity index (χ2v) is 6.59. The molecule has 0 bridgehead atoms. The average molecular weight is 379 g/mol. The highest BCUT2D eigenvalue weighted by molar-refractivity contribution is 5.76. The SMILES string of the molecule is CC(NC(=O)CCCn1nc(-c2ccc(F)cc2)ccc1=O)c1ccccc1. The molecule has 5 nitrogen and oxygen atoms in total. The third-order valence-corrected chi connectivity index (χ3v) is 4.46. The summed E-state index contributed by atoms with van der Waals surface area (Å²) in [7, 11) is 0. The standard InChI is InChI=1S/C22H22FN3O2/c1-16(17-6-3-2-4-7-17)24-21(27)8-5-15-26-22(28)14-13-20(25-26)18-9-11-19(23)12-10-18/h2-4,6-7,9-14,16H,5,8,15H2,1H3,(H,24,27). The summed E-state index contributed by atoms with van der Waals surface area (Å²) in [6, 6.07) is 18.6. The number of nitrogens with one attached hydrogen (secondary N) is 1. The summed E-state index contributed by atoms with van der Waals surface area (Å²) < 4.78 is 14.4. The summed E-state index contributed by atoms with van der Waals surface area (Å²) in [6.07, 6.45) is 0.791. The number of hydrogen-bond donors (Lipinski definition) is 1. The van der Waals surface area contributed by atoms with Gasteiger partial charge in [-0.2, -0.15) is 5.10 Å². The zero-order valence-corrected chi connectivity index (χ0v) is 15.6. The van der Waals surface area contributed by atoms with Gasteiger partial charge in [-0.3, -0.25) is 9.59 Å². The Kier molecular flexibility index (Phi) is 6.32. The van der Waals surface area contributed by atoms with Crippen LogP contribution in [0.1, 0.15) is 31.4 Å². The quantitative estimate of drug-likeness (QED) is 0.681. The molecule has 0 saturated carbocycles. The molecule has 1 heterocycles. The molecule has 0 radical (unpaired) electrons. The van der Waals surface area contributed by atoms with Crippen molar-refractivity contribution in [3.63, 3.8) is 0 Å². The van der Waals surface area contributed by atoms with Crippen molar-refractivity contribution < 1.29 is 9.18 Å². The lowest BCUT2D eigenvalue weighted by Gasteiger charge is -2.14. The van der Waals surface area contributed by atoms with Gasteiger partial charge in [0.25, 0.3) is 5.56 Å². The van der Waals surface area contributed by atoms with Crippen molar-refractivity contribution in [1.82, 2.24) is 15.1 Å². The van der Waals surface area contributed by atoms with Crippen molar-refractivity contribution in [2.45, 2.75) is 32.4 Å². The third kappa shape index (κ3) is 5.13. The second-order valence-electron chi connectivity index (χ2n) is 6.59. The minimum Gasteiger partial charge on any atom is -0.350 e. The van der Waals surface area contributed by atoms with Crippen LogP contribution < -0.4 is 10.9 Å². The van der Waals surface area contributed by atoms with E-state index in [9.17, 15) is 14.0 Å². The number of carbonyl (C=O) groups excluding carboxylic acids is 1. The molecule has 28 heavy (non-hydrogen) atoms. The second kappa shape index (κ2) is 9.08. The van der Waals surface area contributed by atoms with Crippen LogP contribution in [0.3, 0.4) is 0 Å². The number of rotatable bonds is 7. The fourth-order valence-electron chi connectivity index (χ4n) is 2.91. The van der Waals surface area contributed by atoms with Crippen LogP contribution in [0.4, 0.5) is 4.39 Å². The number of hydrogen-bond acceptors (Lipinski definition) is 3. The van der Waals surface area contributed by atoms with Crippen molar-refractivity contribution >= 4 is 5.91 Å². The van der Waals surface area contributed by atoms with Gasteiger partial charge in [-0.1, -0.05) is 30.3 Å². The normalized spacial score (nSPS) is 11.8. The van der Waals surface area contributed by atoms with E-state index >= 15 is 0 Å². The van der Waals surface area contributed by atoms with Crippen molar-refractivity contribution in [1.29, 1.82) is 0 Å². The van der Waals surface area contributed by atoms with E-state index in [0.29, 0.717) is 25.1 Å². The average Bonchev–Trinajstić information content (AvgIpc) is 2.70. The fourth-order valence-corrected chi connectivity index (χ4v) is 2.91. The number of amides is 1. The van der Waals surface area contributed by atoms with Gasteiger partial charge in [0.2, 0.25) is 5.91 Å². The van der Waals surface area contributed by atoms with Gasteiger partial charge in [-0.25, -0.2) is 9.07 Å². The van der Waals surface area contributed by atoms with Gasteiger partial charge in [0, 0.05) is 24.6 Å². The van der Waals surface area contributed by atoms with Gasteiger partial charge in [0.1, 0.15) is 5.82 Å². The van der Waals surface area contributed by atoms with Gasteiger partial charge >= 0.3 is 0 Å². The summed E-state index contributed by atoms with van der Waals surface area (Å²) in [4.78, 5) is 24.2. The molecule has 144 valence electrons. The molecule has 2 aromatic carbocycles. The van der Waals surface area contributed by atoms with E-state index in [1.54, 1.807) is 18.2 Å². The largest absolute Gasteiger partial charge is 0.350 e. The molecule has 6 heteroatoms. The molecule has 0 aliphatic carbocycles. The van der Waals surface area contributed by atoms with Crippen LogP contribution in [0.2, 0.25) is 0 Å². The summed E-state index contributed by atoms with van der Waals surface area (Å²) in [5.74, 6) is -0.396.